The van der Waals surface area contributed by atoms with E-state index in [-0.39, 0.29) is 10.6 Å². The van der Waals surface area contributed by atoms with Gasteiger partial charge in [-0.1, -0.05) is 30.3 Å². The summed E-state index contributed by atoms with van der Waals surface area (Å²) in [4.78, 5) is 12.4. The van der Waals surface area contributed by atoms with Gasteiger partial charge in [0.05, 0.1) is 6.61 Å². The maximum absolute atomic E-state index is 12.5. The van der Waals surface area contributed by atoms with Gasteiger partial charge in [0.2, 0.25) is 15.9 Å². The number of nitrogens with two attached hydrogens (primary N) is 1. The lowest BCUT2D eigenvalue weighted by atomic mass is 10.1. The van der Waals surface area contributed by atoms with Crippen molar-refractivity contribution in [3.05, 3.63) is 54.1 Å². The highest BCUT2D eigenvalue weighted by molar-refractivity contribution is 7.89. The molecule has 0 bridgehead atoms. The van der Waals surface area contributed by atoms with Crippen LogP contribution in [0.15, 0.2) is 53.4 Å². The molecule has 0 saturated heterocycles. The molecule has 7 nitrogen and oxygen atoms in total. The lowest BCUT2D eigenvalue weighted by molar-refractivity contribution is -0.117. The monoisotopic (exact) mass is 377 g/mol. The van der Waals surface area contributed by atoms with Crippen LogP contribution in [0, 0.1) is 0 Å². The number of hydrogen-bond acceptors (Lipinski definition) is 5. The molecule has 0 aliphatic carbocycles. The van der Waals surface area contributed by atoms with Crippen molar-refractivity contribution < 1.29 is 17.9 Å². The van der Waals surface area contributed by atoms with E-state index in [9.17, 15) is 13.2 Å². The van der Waals surface area contributed by atoms with Crippen molar-refractivity contribution in [1.29, 1.82) is 0 Å². The summed E-state index contributed by atoms with van der Waals surface area (Å²) >= 11 is 0. The van der Waals surface area contributed by atoms with E-state index in [0.29, 0.717) is 17.9 Å². The summed E-state index contributed by atoms with van der Waals surface area (Å²) in [6.07, 6.45) is 0. The van der Waals surface area contributed by atoms with E-state index >= 15 is 0 Å². The van der Waals surface area contributed by atoms with Gasteiger partial charge in [0.25, 0.3) is 0 Å². The van der Waals surface area contributed by atoms with Gasteiger partial charge in [-0.05, 0) is 30.7 Å². The molecule has 0 fully saturated rings. The van der Waals surface area contributed by atoms with Gasteiger partial charge in [0, 0.05) is 19.8 Å². The normalized spacial score (nSPS) is 12.7. The zero-order chi connectivity index (χ0) is 19.3. The SMILES string of the molecule is CCOc1ccc(NC(=O)C(N)c2ccccc2)cc1S(=O)(=O)N(C)C. The summed E-state index contributed by atoms with van der Waals surface area (Å²) in [5, 5.41) is 2.66. The number of sulfonamides is 1. The average Bonchev–Trinajstić information content (AvgIpc) is 2.63. The van der Waals surface area contributed by atoms with E-state index in [1.807, 2.05) is 6.07 Å². The van der Waals surface area contributed by atoms with Crippen LogP contribution in [0.3, 0.4) is 0 Å². The molecular formula is C18H23N3O4S. The summed E-state index contributed by atoms with van der Waals surface area (Å²) in [5.41, 5.74) is 6.96. The molecule has 3 N–H and O–H groups in total. The molecule has 2 aromatic rings. The molecule has 140 valence electrons. The first-order chi connectivity index (χ1) is 12.3. The number of ether oxygens (including phenoxy) is 1. The van der Waals surface area contributed by atoms with Crippen LogP contribution in [-0.4, -0.2) is 39.3 Å². The second-order valence-corrected chi connectivity index (χ2v) is 7.88. The summed E-state index contributed by atoms with van der Waals surface area (Å²) in [7, 11) is -0.870. The van der Waals surface area contributed by atoms with Crippen molar-refractivity contribution in [1.82, 2.24) is 4.31 Å². The quantitative estimate of drug-likeness (QED) is 0.768. The van der Waals surface area contributed by atoms with Crippen molar-refractivity contribution in [2.24, 2.45) is 5.73 Å². The molecule has 1 atom stereocenters. The Bertz CT molecular complexity index is 867. The number of carbonyl (C=O) groups excluding carboxylic acids is 1. The Labute approximate surface area is 153 Å². The number of rotatable bonds is 7. The minimum atomic E-state index is -3.73. The highest BCUT2D eigenvalue weighted by Gasteiger charge is 2.24. The predicted octanol–water partition coefficient (Wildman–Crippen LogP) is 1.97. The number of carbonyl (C=O) groups is 1. The van der Waals surface area contributed by atoms with Crippen molar-refractivity contribution in [3.8, 4) is 5.75 Å². The maximum atomic E-state index is 12.5. The van der Waals surface area contributed by atoms with Crippen molar-refractivity contribution in [2.75, 3.05) is 26.0 Å². The van der Waals surface area contributed by atoms with Crippen LogP contribution >= 0.6 is 0 Å². The Morgan fingerprint density at radius 2 is 1.85 bits per heavy atom. The standard InChI is InChI=1S/C18H23N3O4S/c1-4-25-15-11-10-14(12-16(15)26(23,24)21(2)3)20-18(22)17(19)13-8-6-5-7-9-13/h5-12,17H,4,19H2,1-3H3,(H,20,22). The van der Waals surface area contributed by atoms with Crippen molar-refractivity contribution in [3.63, 3.8) is 0 Å². The molecule has 0 saturated carbocycles. The van der Waals surface area contributed by atoms with Crippen LogP contribution < -0.4 is 15.8 Å². The van der Waals surface area contributed by atoms with E-state index in [1.165, 1.54) is 26.2 Å². The van der Waals surface area contributed by atoms with Gasteiger partial charge in [-0.3, -0.25) is 4.79 Å². The number of hydrogen-bond donors (Lipinski definition) is 2. The zero-order valence-electron chi connectivity index (χ0n) is 15.0. The molecule has 0 aliphatic rings. The smallest absolute Gasteiger partial charge is 0.246 e. The van der Waals surface area contributed by atoms with Crippen molar-refractivity contribution in [2.45, 2.75) is 17.9 Å². The first-order valence-electron chi connectivity index (χ1n) is 8.08. The molecule has 26 heavy (non-hydrogen) atoms. The molecule has 1 unspecified atom stereocenters. The predicted molar refractivity (Wildman–Crippen MR) is 100 cm³/mol. The summed E-state index contributed by atoms with van der Waals surface area (Å²) in [6.45, 7) is 2.08. The zero-order valence-corrected chi connectivity index (χ0v) is 15.8. The Morgan fingerprint density at radius 3 is 2.42 bits per heavy atom. The Balaban J connectivity index is 2.32. The second kappa shape index (κ2) is 8.31. The number of nitrogens with one attached hydrogen (secondary N) is 1. The Morgan fingerprint density at radius 1 is 1.19 bits per heavy atom. The van der Waals surface area contributed by atoms with Crippen molar-refractivity contribution >= 4 is 21.6 Å². The van der Waals surface area contributed by atoms with Crippen LogP contribution in [0.2, 0.25) is 0 Å². The van der Waals surface area contributed by atoms with E-state index in [1.54, 1.807) is 37.3 Å². The van der Waals surface area contributed by atoms with E-state index in [0.717, 1.165) is 4.31 Å². The molecular weight excluding hydrogens is 354 g/mol. The fourth-order valence-electron chi connectivity index (χ4n) is 2.29. The summed E-state index contributed by atoms with van der Waals surface area (Å²) in [5.74, 6) is -0.208. The highest BCUT2D eigenvalue weighted by Crippen LogP contribution is 2.29. The van der Waals surface area contributed by atoms with Gasteiger partial charge in [-0.25, -0.2) is 12.7 Å². The van der Waals surface area contributed by atoms with Gasteiger partial charge < -0.3 is 15.8 Å². The third-order valence-corrected chi connectivity index (χ3v) is 5.55. The topological polar surface area (TPSA) is 102 Å². The van der Waals surface area contributed by atoms with E-state index in [2.05, 4.69) is 5.32 Å². The molecule has 2 aromatic carbocycles. The van der Waals surface area contributed by atoms with Crippen LogP contribution in [0.1, 0.15) is 18.5 Å². The number of nitrogens with zero attached hydrogens (tertiary/aromatic N) is 1. The van der Waals surface area contributed by atoms with Crippen LogP contribution in [-0.2, 0) is 14.8 Å². The van der Waals surface area contributed by atoms with Gasteiger partial charge in [-0.15, -0.1) is 0 Å². The van der Waals surface area contributed by atoms with Crippen LogP contribution in [0.5, 0.6) is 5.75 Å². The summed E-state index contributed by atoms with van der Waals surface area (Å²) < 4.78 is 31.6. The Kier molecular flexibility index (Phi) is 6.36. The lowest BCUT2D eigenvalue weighted by Crippen LogP contribution is -2.28. The van der Waals surface area contributed by atoms with Gasteiger partial charge in [0.15, 0.2) is 0 Å². The van der Waals surface area contributed by atoms with Crippen LogP contribution in [0.25, 0.3) is 0 Å². The molecule has 0 spiro atoms. The molecule has 2 rings (SSSR count). The van der Waals surface area contributed by atoms with Gasteiger partial charge in [0.1, 0.15) is 16.7 Å². The first kappa shape index (κ1) is 19.9. The molecule has 8 heteroatoms. The van der Waals surface area contributed by atoms with Crippen LogP contribution in [0.4, 0.5) is 5.69 Å². The minimum absolute atomic E-state index is 0.0181. The maximum Gasteiger partial charge on any atom is 0.246 e. The molecule has 1 amide bonds. The number of amides is 1. The first-order valence-corrected chi connectivity index (χ1v) is 9.52. The highest BCUT2D eigenvalue weighted by atomic mass is 32.2. The molecule has 0 radical (unpaired) electrons. The average molecular weight is 377 g/mol. The molecule has 0 aromatic heterocycles. The number of benzene rings is 2. The number of anilines is 1. The molecule has 0 aliphatic heterocycles. The van der Waals surface area contributed by atoms with Gasteiger partial charge >= 0.3 is 0 Å². The third kappa shape index (κ3) is 4.40. The third-order valence-electron chi connectivity index (χ3n) is 3.71. The molecule has 0 heterocycles. The minimum Gasteiger partial charge on any atom is -0.492 e. The fraction of sp³-hybridized carbons (Fsp3) is 0.278. The largest absolute Gasteiger partial charge is 0.492 e. The fourth-order valence-corrected chi connectivity index (χ4v) is 3.34. The van der Waals surface area contributed by atoms with Gasteiger partial charge in [-0.2, -0.15) is 0 Å². The summed E-state index contributed by atoms with van der Waals surface area (Å²) in [6, 6.07) is 12.5. The lowest BCUT2D eigenvalue weighted by Gasteiger charge is -2.17. The van der Waals surface area contributed by atoms with E-state index in [4.69, 9.17) is 10.5 Å². The second-order valence-electron chi connectivity index (χ2n) is 5.76. The Hall–Kier alpha value is -2.42. The van der Waals surface area contributed by atoms with E-state index < -0.39 is 22.0 Å².